The van der Waals surface area contributed by atoms with Gasteiger partial charge in [-0.2, -0.15) is 5.10 Å². The fourth-order valence-corrected chi connectivity index (χ4v) is 2.24. The molecule has 2 N–H and O–H groups in total. The lowest BCUT2D eigenvalue weighted by atomic mass is 10.0. The number of carbonyl (C=O) groups is 1. The minimum absolute atomic E-state index is 0.0217. The molecule has 1 heterocycles. The molecule has 0 aliphatic heterocycles. The number of rotatable bonds is 6. The van der Waals surface area contributed by atoms with Gasteiger partial charge in [-0.25, -0.2) is 0 Å². The molecule has 2 rings (SSSR count). The van der Waals surface area contributed by atoms with Crippen molar-refractivity contribution in [3.05, 3.63) is 53.3 Å². The van der Waals surface area contributed by atoms with Gasteiger partial charge >= 0.3 is 0 Å². The summed E-state index contributed by atoms with van der Waals surface area (Å²) in [6, 6.07) is 10.9. The first kappa shape index (κ1) is 14.5. The Bertz CT molecular complexity index is 575. The van der Waals surface area contributed by atoms with E-state index >= 15 is 0 Å². The van der Waals surface area contributed by atoms with E-state index in [9.17, 15) is 4.79 Å². The highest BCUT2D eigenvalue weighted by molar-refractivity contribution is 5.86. The summed E-state index contributed by atoms with van der Waals surface area (Å²) < 4.78 is 1.88. The Morgan fingerprint density at radius 1 is 1.30 bits per heavy atom. The van der Waals surface area contributed by atoms with Crippen LogP contribution in [0, 0.1) is 0 Å². The maximum Gasteiger partial charge on any atom is 0.159 e. The zero-order chi connectivity index (χ0) is 14.5. The van der Waals surface area contributed by atoms with Crippen molar-refractivity contribution in [3.63, 3.8) is 0 Å². The Morgan fingerprint density at radius 3 is 2.60 bits per heavy atom. The minimum Gasteiger partial charge on any atom is -0.318 e. The second-order valence-electron chi connectivity index (χ2n) is 4.83. The number of ketones is 1. The Labute approximate surface area is 119 Å². The van der Waals surface area contributed by atoms with Crippen LogP contribution in [0.1, 0.15) is 36.8 Å². The molecule has 0 fully saturated rings. The molecule has 2 aromatic rings. The second kappa shape index (κ2) is 6.48. The molecule has 0 saturated carbocycles. The van der Waals surface area contributed by atoms with Crippen molar-refractivity contribution in [1.82, 2.24) is 9.78 Å². The number of benzene rings is 1. The minimum atomic E-state index is -0.568. The highest BCUT2D eigenvalue weighted by Gasteiger charge is 2.18. The first-order chi connectivity index (χ1) is 9.65. The number of hydrogen-bond donors (Lipinski definition) is 1. The molecule has 1 unspecified atom stereocenters. The number of nitrogens with two attached hydrogens (primary N) is 1. The fraction of sp³-hybridized carbons (Fsp3) is 0.375. The van der Waals surface area contributed by atoms with Gasteiger partial charge in [-0.3, -0.25) is 9.48 Å². The fourth-order valence-electron chi connectivity index (χ4n) is 2.24. The smallest absolute Gasteiger partial charge is 0.159 e. The van der Waals surface area contributed by atoms with Crippen LogP contribution >= 0.6 is 0 Å². The Morgan fingerprint density at radius 2 is 2.00 bits per heavy atom. The van der Waals surface area contributed by atoms with E-state index < -0.39 is 6.04 Å². The summed E-state index contributed by atoms with van der Waals surface area (Å²) in [6.45, 7) is 4.85. The molecule has 1 aromatic heterocycles. The molecule has 0 amide bonds. The number of nitrogens with zero attached hydrogens (tertiary/aromatic N) is 2. The molecule has 0 aliphatic rings. The van der Waals surface area contributed by atoms with Crippen LogP contribution in [0.3, 0.4) is 0 Å². The number of Topliss-reactive ketones (excluding diaryl/α,β-unsaturated/α-hetero) is 1. The predicted molar refractivity (Wildman–Crippen MR) is 79.4 cm³/mol. The van der Waals surface area contributed by atoms with Crippen molar-refractivity contribution < 1.29 is 4.79 Å². The summed E-state index contributed by atoms with van der Waals surface area (Å²) in [4.78, 5) is 12.3. The van der Waals surface area contributed by atoms with Gasteiger partial charge in [0, 0.05) is 12.2 Å². The van der Waals surface area contributed by atoms with Crippen LogP contribution in [0.2, 0.25) is 0 Å². The standard InChI is InChI=1S/C16H21N3O/c1-3-13-10-14(19(4-2)18-13)11-15(20)16(17)12-8-6-5-7-9-12/h5-10,16H,3-4,11,17H2,1-2H3. The maximum absolute atomic E-state index is 12.3. The molecule has 4 nitrogen and oxygen atoms in total. The van der Waals surface area contributed by atoms with Gasteiger partial charge in [0.25, 0.3) is 0 Å². The van der Waals surface area contributed by atoms with Crippen LogP contribution in [0.5, 0.6) is 0 Å². The molecule has 0 bridgehead atoms. The van der Waals surface area contributed by atoms with Gasteiger partial charge in [-0.1, -0.05) is 37.3 Å². The summed E-state index contributed by atoms with van der Waals surface area (Å²) in [5, 5.41) is 4.46. The van der Waals surface area contributed by atoms with Crippen LogP contribution in [0.25, 0.3) is 0 Å². The lowest BCUT2D eigenvalue weighted by Crippen LogP contribution is -2.24. The Kier molecular flexibility index (Phi) is 4.69. The first-order valence-corrected chi connectivity index (χ1v) is 7.04. The number of aryl methyl sites for hydroxylation is 2. The SMILES string of the molecule is CCc1cc(CC(=O)C(N)c2ccccc2)n(CC)n1. The maximum atomic E-state index is 12.3. The summed E-state index contributed by atoms with van der Waals surface area (Å²) >= 11 is 0. The highest BCUT2D eigenvalue weighted by Crippen LogP contribution is 2.14. The summed E-state index contributed by atoms with van der Waals surface area (Å²) in [6.07, 6.45) is 1.20. The molecular weight excluding hydrogens is 250 g/mol. The third kappa shape index (κ3) is 3.14. The summed E-state index contributed by atoms with van der Waals surface area (Å²) in [5.74, 6) is 0.0217. The van der Waals surface area contributed by atoms with Crippen LogP contribution in [-0.2, 0) is 24.2 Å². The Balaban J connectivity index is 2.13. The predicted octanol–water partition coefficient (Wildman–Crippen LogP) is 2.28. The molecular formula is C16H21N3O. The second-order valence-corrected chi connectivity index (χ2v) is 4.83. The molecule has 1 aromatic carbocycles. The summed E-state index contributed by atoms with van der Waals surface area (Å²) in [7, 11) is 0. The van der Waals surface area contributed by atoms with Gasteiger partial charge < -0.3 is 5.73 Å². The average Bonchev–Trinajstić information content (AvgIpc) is 2.89. The monoisotopic (exact) mass is 271 g/mol. The van der Waals surface area contributed by atoms with E-state index in [-0.39, 0.29) is 5.78 Å². The van der Waals surface area contributed by atoms with Gasteiger partial charge in [-0.15, -0.1) is 0 Å². The Hall–Kier alpha value is -1.94. The third-order valence-electron chi connectivity index (χ3n) is 3.44. The van der Waals surface area contributed by atoms with Crippen molar-refractivity contribution in [3.8, 4) is 0 Å². The molecule has 0 saturated heterocycles. The topological polar surface area (TPSA) is 60.9 Å². The number of hydrogen-bond acceptors (Lipinski definition) is 3. The zero-order valence-electron chi connectivity index (χ0n) is 12.0. The number of aromatic nitrogens is 2. The molecule has 4 heteroatoms. The first-order valence-electron chi connectivity index (χ1n) is 7.04. The normalized spacial score (nSPS) is 12.3. The van der Waals surface area contributed by atoms with Crippen molar-refractivity contribution in [2.75, 3.05) is 0 Å². The third-order valence-corrected chi connectivity index (χ3v) is 3.44. The lowest BCUT2D eigenvalue weighted by molar-refractivity contribution is -0.119. The van der Waals surface area contributed by atoms with E-state index in [0.29, 0.717) is 6.42 Å². The van der Waals surface area contributed by atoms with Gasteiger partial charge in [0.1, 0.15) is 0 Å². The zero-order valence-corrected chi connectivity index (χ0v) is 12.0. The largest absolute Gasteiger partial charge is 0.318 e. The average molecular weight is 271 g/mol. The molecule has 0 aliphatic carbocycles. The van der Waals surface area contributed by atoms with E-state index in [2.05, 4.69) is 12.0 Å². The van der Waals surface area contributed by atoms with E-state index in [1.165, 1.54) is 0 Å². The van der Waals surface area contributed by atoms with Crippen molar-refractivity contribution in [2.24, 2.45) is 5.73 Å². The van der Waals surface area contributed by atoms with Gasteiger partial charge in [0.2, 0.25) is 0 Å². The molecule has 20 heavy (non-hydrogen) atoms. The van der Waals surface area contributed by atoms with Crippen molar-refractivity contribution in [1.29, 1.82) is 0 Å². The van der Waals surface area contributed by atoms with Crippen LogP contribution in [-0.4, -0.2) is 15.6 Å². The van der Waals surface area contributed by atoms with Crippen molar-refractivity contribution >= 4 is 5.78 Å². The van der Waals surface area contributed by atoms with Gasteiger partial charge in [-0.05, 0) is 25.0 Å². The van der Waals surface area contributed by atoms with E-state index in [0.717, 1.165) is 29.9 Å². The van der Waals surface area contributed by atoms with Crippen LogP contribution in [0.4, 0.5) is 0 Å². The highest BCUT2D eigenvalue weighted by atomic mass is 16.1. The lowest BCUT2D eigenvalue weighted by Gasteiger charge is -2.11. The molecule has 1 atom stereocenters. The van der Waals surface area contributed by atoms with E-state index in [1.807, 2.05) is 48.0 Å². The molecule has 0 radical (unpaired) electrons. The van der Waals surface area contributed by atoms with Gasteiger partial charge in [0.15, 0.2) is 5.78 Å². The van der Waals surface area contributed by atoms with E-state index in [4.69, 9.17) is 5.73 Å². The van der Waals surface area contributed by atoms with Crippen LogP contribution < -0.4 is 5.73 Å². The quantitative estimate of drug-likeness (QED) is 0.876. The molecule has 0 spiro atoms. The van der Waals surface area contributed by atoms with Crippen molar-refractivity contribution in [2.45, 2.75) is 39.3 Å². The van der Waals surface area contributed by atoms with Gasteiger partial charge in [0.05, 0.1) is 18.2 Å². The summed E-state index contributed by atoms with van der Waals surface area (Å²) in [5.41, 5.74) is 8.86. The molecule has 106 valence electrons. The van der Waals surface area contributed by atoms with Crippen LogP contribution in [0.15, 0.2) is 36.4 Å². The number of carbonyl (C=O) groups excluding carboxylic acids is 1. The van der Waals surface area contributed by atoms with E-state index in [1.54, 1.807) is 0 Å².